The van der Waals surface area contributed by atoms with Crippen molar-refractivity contribution in [3.8, 4) is 0 Å². The van der Waals surface area contributed by atoms with Gasteiger partial charge in [-0.3, -0.25) is 0 Å². The van der Waals surface area contributed by atoms with E-state index in [9.17, 15) is 5.11 Å². The van der Waals surface area contributed by atoms with Gasteiger partial charge in [-0.15, -0.1) is 0 Å². The zero-order valence-electron chi connectivity index (χ0n) is 8.07. The Balaban J connectivity index is 2.31. The van der Waals surface area contributed by atoms with Crippen LogP contribution in [0.25, 0.3) is 0 Å². The SMILES string of the molecule is C[C@@]1(O)CC=C[C@H]1c1ccc(Cl)cc1. The normalized spacial score (nSPS) is 30.9. The van der Waals surface area contributed by atoms with Gasteiger partial charge in [-0.25, -0.2) is 0 Å². The van der Waals surface area contributed by atoms with Crippen LogP contribution in [0.4, 0.5) is 0 Å². The molecule has 0 saturated carbocycles. The van der Waals surface area contributed by atoms with E-state index in [1.165, 1.54) is 0 Å². The topological polar surface area (TPSA) is 20.2 Å². The van der Waals surface area contributed by atoms with Gasteiger partial charge in [-0.05, 0) is 31.0 Å². The molecule has 2 atom stereocenters. The van der Waals surface area contributed by atoms with Crippen molar-refractivity contribution >= 4 is 11.6 Å². The molecule has 0 amide bonds. The van der Waals surface area contributed by atoms with Crippen LogP contribution in [-0.4, -0.2) is 10.7 Å². The molecule has 74 valence electrons. The molecule has 1 aromatic carbocycles. The van der Waals surface area contributed by atoms with Gasteiger partial charge in [-0.2, -0.15) is 0 Å². The molecule has 0 fully saturated rings. The molecular weight excluding hydrogens is 196 g/mol. The summed E-state index contributed by atoms with van der Waals surface area (Å²) in [5, 5.41) is 10.8. The molecule has 0 saturated heterocycles. The second kappa shape index (κ2) is 3.41. The van der Waals surface area contributed by atoms with Crippen molar-refractivity contribution in [2.24, 2.45) is 0 Å². The first-order chi connectivity index (χ1) is 6.59. The number of halogens is 1. The molecule has 14 heavy (non-hydrogen) atoms. The van der Waals surface area contributed by atoms with E-state index >= 15 is 0 Å². The Morgan fingerprint density at radius 3 is 2.50 bits per heavy atom. The van der Waals surface area contributed by atoms with Gasteiger partial charge in [0.25, 0.3) is 0 Å². The van der Waals surface area contributed by atoms with Crippen LogP contribution in [0.2, 0.25) is 5.02 Å². The Morgan fingerprint density at radius 2 is 2.00 bits per heavy atom. The molecule has 0 heterocycles. The zero-order valence-corrected chi connectivity index (χ0v) is 8.83. The maximum Gasteiger partial charge on any atom is 0.0756 e. The van der Waals surface area contributed by atoms with Crippen LogP contribution < -0.4 is 0 Å². The van der Waals surface area contributed by atoms with Crippen LogP contribution >= 0.6 is 11.6 Å². The molecule has 1 N–H and O–H groups in total. The summed E-state index contributed by atoms with van der Waals surface area (Å²) in [5.74, 6) is 0.0970. The van der Waals surface area contributed by atoms with Gasteiger partial charge in [0.2, 0.25) is 0 Å². The highest BCUT2D eigenvalue weighted by molar-refractivity contribution is 6.30. The van der Waals surface area contributed by atoms with Gasteiger partial charge in [0.15, 0.2) is 0 Å². The van der Waals surface area contributed by atoms with Crippen LogP contribution in [0.15, 0.2) is 36.4 Å². The molecule has 0 aromatic heterocycles. The van der Waals surface area contributed by atoms with Gasteiger partial charge in [0, 0.05) is 10.9 Å². The molecule has 0 radical (unpaired) electrons. The van der Waals surface area contributed by atoms with Crippen LogP contribution in [-0.2, 0) is 0 Å². The number of hydrogen-bond donors (Lipinski definition) is 1. The average molecular weight is 209 g/mol. The largest absolute Gasteiger partial charge is 0.389 e. The van der Waals surface area contributed by atoms with Crippen molar-refractivity contribution in [3.05, 3.63) is 47.0 Å². The molecule has 1 aromatic rings. The monoisotopic (exact) mass is 208 g/mol. The highest BCUT2D eigenvalue weighted by Gasteiger charge is 2.33. The second-order valence-corrected chi connectivity index (χ2v) is 4.46. The fraction of sp³-hybridized carbons (Fsp3) is 0.333. The third-order valence-corrected chi connectivity index (χ3v) is 3.01. The fourth-order valence-electron chi connectivity index (χ4n) is 1.92. The highest BCUT2D eigenvalue weighted by Crippen LogP contribution is 2.37. The minimum atomic E-state index is -0.645. The van der Waals surface area contributed by atoms with Gasteiger partial charge in [0.1, 0.15) is 0 Å². The summed E-state index contributed by atoms with van der Waals surface area (Å²) in [7, 11) is 0. The first-order valence-electron chi connectivity index (χ1n) is 4.74. The summed E-state index contributed by atoms with van der Waals surface area (Å²) in [6.07, 6.45) is 4.81. The lowest BCUT2D eigenvalue weighted by atomic mass is 9.86. The molecule has 2 heteroatoms. The molecule has 1 nitrogen and oxygen atoms in total. The van der Waals surface area contributed by atoms with E-state index in [1.54, 1.807) is 0 Å². The van der Waals surface area contributed by atoms with E-state index < -0.39 is 5.60 Å². The predicted octanol–water partition coefficient (Wildman–Crippen LogP) is 3.13. The summed E-state index contributed by atoms with van der Waals surface area (Å²) >= 11 is 5.81. The maximum atomic E-state index is 10.1. The predicted molar refractivity (Wildman–Crippen MR) is 58.6 cm³/mol. The van der Waals surface area contributed by atoms with E-state index in [1.807, 2.05) is 37.3 Å². The molecule has 0 bridgehead atoms. The average Bonchev–Trinajstić information content (AvgIpc) is 2.47. The summed E-state index contributed by atoms with van der Waals surface area (Å²) in [4.78, 5) is 0. The summed E-state index contributed by atoms with van der Waals surface area (Å²) in [6, 6.07) is 7.66. The van der Waals surface area contributed by atoms with E-state index in [0.29, 0.717) is 0 Å². The van der Waals surface area contributed by atoms with E-state index in [0.717, 1.165) is 17.0 Å². The van der Waals surface area contributed by atoms with Crippen molar-refractivity contribution in [2.75, 3.05) is 0 Å². The lowest BCUT2D eigenvalue weighted by Gasteiger charge is -2.25. The van der Waals surface area contributed by atoms with Gasteiger partial charge in [0.05, 0.1) is 5.60 Å². The molecule has 2 rings (SSSR count). The summed E-state index contributed by atoms with van der Waals surface area (Å²) in [6.45, 7) is 1.87. The summed E-state index contributed by atoms with van der Waals surface area (Å²) < 4.78 is 0. The van der Waals surface area contributed by atoms with Crippen LogP contribution in [0.5, 0.6) is 0 Å². The van der Waals surface area contributed by atoms with Crippen molar-refractivity contribution < 1.29 is 5.11 Å². The number of rotatable bonds is 1. The van der Waals surface area contributed by atoms with Crippen molar-refractivity contribution in [1.82, 2.24) is 0 Å². The Morgan fingerprint density at radius 1 is 1.36 bits per heavy atom. The fourth-order valence-corrected chi connectivity index (χ4v) is 2.04. The van der Waals surface area contributed by atoms with Crippen molar-refractivity contribution in [1.29, 1.82) is 0 Å². The van der Waals surface area contributed by atoms with E-state index in [4.69, 9.17) is 11.6 Å². The third-order valence-electron chi connectivity index (χ3n) is 2.76. The lowest BCUT2D eigenvalue weighted by molar-refractivity contribution is 0.0569. The molecule has 1 aliphatic rings. The third kappa shape index (κ3) is 1.70. The van der Waals surface area contributed by atoms with Gasteiger partial charge in [-0.1, -0.05) is 35.9 Å². The quantitative estimate of drug-likeness (QED) is 0.704. The maximum absolute atomic E-state index is 10.1. The standard InChI is InChI=1S/C12H13ClO/c1-12(14)8-2-3-11(12)9-4-6-10(13)7-5-9/h2-7,11,14H,8H2,1H3/t11-,12+/m0/s1. The number of benzene rings is 1. The van der Waals surface area contributed by atoms with Crippen LogP contribution in [0.3, 0.4) is 0 Å². The van der Waals surface area contributed by atoms with Crippen LogP contribution in [0, 0.1) is 0 Å². The Labute approximate surface area is 89.0 Å². The number of hydrogen-bond acceptors (Lipinski definition) is 1. The van der Waals surface area contributed by atoms with E-state index in [2.05, 4.69) is 6.08 Å². The smallest absolute Gasteiger partial charge is 0.0756 e. The number of aliphatic hydroxyl groups is 1. The lowest BCUT2D eigenvalue weighted by Crippen LogP contribution is -2.27. The first-order valence-corrected chi connectivity index (χ1v) is 5.12. The molecule has 1 aliphatic carbocycles. The van der Waals surface area contributed by atoms with Crippen molar-refractivity contribution in [2.45, 2.75) is 24.9 Å². The Kier molecular flexibility index (Phi) is 2.38. The van der Waals surface area contributed by atoms with Gasteiger partial charge >= 0.3 is 0 Å². The zero-order chi connectivity index (χ0) is 10.2. The molecular formula is C12H13ClO. The highest BCUT2D eigenvalue weighted by atomic mass is 35.5. The summed E-state index contributed by atoms with van der Waals surface area (Å²) in [5.41, 5.74) is 0.474. The van der Waals surface area contributed by atoms with Gasteiger partial charge < -0.3 is 5.11 Å². The second-order valence-electron chi connectivity index (χ2n) is 4.02. The molecule has 0 aliphatic heterocycles. The minimum absolute atomic E-state index is 0.0970. The van der Waals surface area contributed by atoms with Crippen molar-refractivity contribution in [3.63, 3.8) is 0 Å². The Hall–Kier alpha value is -0.790. The molecule has 0 spiro atoms. The van der Waals surface area contributed by atoms with E-state index in [-0.39, 0.29) is 5.92 Å². The Bertz CT molecular complexity index is 351. The first kappa shape index (κ1) is 9.75. The molecule has 0 unspecified atom stereocenters. The minimum Gasteiger partial charge on any atom is -0.389 e. The van der Waals surface area contributed by atoms with Crippen LogP contribution in [0.1, 0.15) is 24.8 Å².